The van der Waals surface area contributed by atoms with E-state index in [0.29, 0.717) is 18.3 Å². The number of carbonyl (C=O) groups excluding carboxylic acids is 1. The van der Waals surface area contributed by atoms with Crippen LogP contribution in [0.5, 0.6) is 0 Å². The van der Waals surface area contributed by atoms with Crippen LogP contribution in [0.25, 0.3) is 0 Å². The number of benzene rings is 2. The molecular weight excluding hydrogens is 530 g/mol. The molecule has 36 heavy (non-hydrogen) atoms. The molecule has 6 rings (SSSR count). The van der Waals surface area contributed by atoms with Crippen molar-refractivity contribution in [1.82, 2.24) is 0 Å². The van der Waals surface area contributed by atoms with Crippen molar-refractivity contribution in [2.75, 3.05) is 6.61 Å². The molecule has 4 fully saturated rings. The molecule has 0 radical (unpaired) electrons. The lowest BCUT2D eigenvalue weighted by Gasteiger charge is -2.59. The number of rotatable bonds is 6. The molecule has 4 bridgehead atoms. The maximum Gasteiger partial charge on any atom is 0.524 e. The number of alkyl halides is 2. The number of ether oxygens (including phenoxy) is 1. The molecule has 0 aromatic heterocycles. The molecular formula is C25H28F2O6S3. The van der Waals surface area contributed by atoms with Crippen molar-refractivity contribution in [2.24, 2.45) is 17.3 Å². The molecule has 4 aliphatic rings. The highest BCUT2D eigenvalue weighted by molar-refractivity contribution is 7.99. The fourth-order valence-corrected chi connectivity index (χ4v) is 7.37. The quantitative estimate of drug-likeness (QED) is 0.250. The average Bonchev–Trinajstić information content (AvgIpc) is 2.79. The van der Waals surface area contributed by atoms with Gasteiger partial charge in [-0.25, -0.2) is 4.79 Å². The van der Waals surface area contributed by atoms with Crippen molar-refractivity contribution in [1.29, 1.82) is 0 Å². The van der Waals surface area contributed by atoms with Crippen molar-refractivity contribution in [2.45, 2.75) is 64.6 Å². The molecule has 2 unspecified atom stereocenters. The number of hydrogen-bond donors (Lipinski definition) is 2. The summed E-state index contributed by atoms with van der Waals surface area (Å²) in [6, 6.07) is 18.5. The van der Waals surface area contributed by atoms with E-state index in [-0.39, 0.29) is 6.61 Å². The van der Waals surface area contributed by atoms with Crippen LogP contribution in [0, 0.1) is 17.3 Å². The Labute approximate surface area is 219 Å². The summed E-state index contributed by atoms with van der Waals surface area (Å²) in [5.74, 6) is -3.05. The first-order valence-corrected chi connectivity index (χ1v) is 14.3. The van der Waals surface area contributed by atoms with Gasteiger partial charge in [0.05, 0.1) is 5.60 Å². The van der Waals surface area contributed by atoms with Crippen molar-refractivity contribution >= 4 is 40.7 Å². The second-order valence-corrected chi connectivity index (χ2v) is 13.1. The maximum absolute atomic E-state index is 12.1. The fourth-order valence-electron chi connectivity index (χ4n) is 6.08. The van der Waals surface area contributed by atoms with Gasteiger partial charge < -0.3 is 14.0 Å². The van der Waals surface area contributed by atoms with Gasteiger partial charge in [-0.05, 0) is 86.8 Å². The maximum atomic E-state index is 12.1. The lowest BCUT2D eigenvalue weighted by Crippen LogP contribution is -2.57. The largest absolute Gasteiger partial charge is 0.524 e. The first-order valence-electron chi connectivity index (χ1n) is 11.6. The van der Waals surface area contributed by atoms with Crippen LogP contribution >= 0.6 is 24.4 Å². The van der Waals surface area contributed by atoms with Gasteiger partial charge >= 0.3 is 22.0 Å². The normalized spacial score (nSPS) is 28.4. The van der Waals surface area contributed by atoms with E-state index in [1.54, 1.807) is 11.8 Å². The van der Waals surface area contributed by atoms with Crippen LogP contribution in [0.4, 0.5) is 13.6 Å². The van der Waals surface area contributed by atoms with Crippen LogP contribution in [0.3, 0.4) is 0 Å². The molecule has 2 atom stereocenters. The summed E-state index contributed by atoms with van der Waals surface area (Å²) >= 11 is 6.01. The fraction of sp³-hybridized carbons (Fsp3) is 0.480. The number of hydrogen-bond acceptors (Lipinski definition) is 8. The van der Waals surface area contributed by atoms with Gasteiger partial charge in [0, 0.05) is 20.1 Å². The lowest BCUT2D eigenvalue weighted by atomic mass is 9.48. The summed E-state index contributed by atoms with van der Waals surface area (Å²) < 4.78 is 54.3. The number of thiol groups is 1. The summed E-state index contributed by atoms with van der Waals surface area (Å²) in [4.78, 5) is 14.8. The van der Waals surface area contributed by atoms with Crippen molar-refractivity contribution in [3.63, 3.8) is 0 Å². The highest BCUT2D eigenvalue weighted by Crippen LogP contribution is 2.61. The van der Waals surface area contributed by atoms with Crippen LogP contribution in [0.15, 0.2) is 69.3 Å². The molecule has 11 heteroatoms. The SMILES string of the molecule is O=C(OCC12CC3CC(CC(O)(C3)C1)C2)OS(=O)(=O)C(F)F.Sc1ccc(Sc2ccccc2)cc1. The van der Waals surface area contributed by atoms with Crippen LogP contribution in [-0.4, -0.2) is 37.6 Å². The number of halogens is 2. The second-order valence-electron chi connectivity index (χ2n) is 9.97. The second kappa shape index (κ2) is 10.9. The van der Waals surface area contributed by atoms with E-state index >= 15 is 0 Å². The van der Waals surface area contributed by atoms with E-state index < -0.39 is 33.0 Å². The van der Waals surface area contributed by atoms with Gasteiger partial charge in [-0.1, -0.05) is 30.0 Å². The molecule has 6 nitrogen and oxygen atoms in total. The molecule has 196 valence electrons. The minimum atomic E-state index is -5.24. The first-order chi connectivity index (χ1) is 17.0. The molecule has 2 aromatic carbocycles. The average molecular weight is 559 g/mol. The van der Waals surface area contributed by atoms with Crippen molar-refractivity contribution in [3.05, 3.63) is 54.6 Å². The predicted molar refractivity (Wildman–Crippen MR) is 134 cm³/mol. The third-order valence-electron chi connectivity index (χ3n) is 6.87. The molecule has 1 N–H and O–H groups in total. The topological polar surface area (TPSA) is 89.9 Å². The van der Waals surface area contributed by atoms with E-state index in [4.69, 9.17) is 4.74 Å². The van der Waals surface area contributed by atoms with Crippen molar-refractivity contribution in [3.8, 4) is 0 Å². The molecule has 4 saturated carbocycles. The molecule has 0 aliphatic heterocycles. The van der Waals surface area contributed by atoms with Gasteiger partial charge in [0.15, 0.2) is 0 Å². The van der Waals surface area contributed by atoms with Gasteiger partial charge in [0.25, 0.3) is 0 Å². The Balaban J connectivity index is 0.000000187. The van der Waals surface area contributed by atoms with Gasteiger partial charge in [0.2, 0.25) is 0 Å². The standard InChI is InChI=1S/C13H18F2O6S.C12H10S2/c14-10(15)22(18,19)21-11(16)20-7-12-2-8-1-9(3-12)5-13(17,4-8)6-12;13-10-6-8-12(9-7-10)14-11-4-2-1-3-5-11/h8-10,17H,1-7H2;1-9,13H. The Bertz CT molecular complexity index is 1140. The molecule has 0 saturated heterocycles. The van der Waals surface area contributed by atoms with Crippen LogP contribution in [0.2, 0.25) is 0 Å². The third kappa shape index (κ3) is 6.93. The monoisotopic (exact) mass is 558 g/mol. The Kier molecular flexibility index (Phi) is 8.23. The summed E-state index contributed by atoms with van der Waals surface area (Å²) in [5.41, 5.74) is -1.14. The van der Waals surface area contributed by atoms with Gasteiger partial charge in [0.1, 0.15) is 6.61 Å². The summed E-state index contributed by atoms with van der Waals surface area (Å²) in [6.45, 7) is -0.111. The highest BCUT2D eigenvalue weighted by Gasteiger charge is 2.57. The van der Waals surface area contributed by atoms with E-state index in [2.05, 4.69) is 53.2 Å². The van der Waals surface area contributed by atoms with Crippen LogP contribution in [-0.2, 0) is 19.0 Å². The van der Waals surface area contributed by atoms with Crippen LogP contribution in [0.1, 0.15) is 38.5 Å². The van der Waals surface area contributed by atoms with Gasteiger partial charge in [-0.3, -0.25) is 0 Å². The molecule has 2 aromatic rings. The Morgan fingerprint density at radius 2 is 1.61 bits per heavy atom. The Hall–Kier alpha value is -1.82. The smallest absolute Gasteiger partial charge is 0.433 e. The number of carbonyl (C=O) groups is 1. The molecule has 0 spiro atoms. The molecule has 4 aliphatic carbocycles. The summed E-state index contributed by atoms with van der Waals surface area (Å²) in [5, 5.41) is 10.5. The first kappa shape index (κ1) is 27.2. The predicted octanol–water partition coefficient (Wildman–Crippen LogP) is 6.15. The Morgan fingerprint density at radius 3 is 2.17 bits per heavy atom. The van der Waals surface area contributed by atoms with E-state index in [0.717, 1.165) is 37.0 Å². The van der Waals surface area contributed by atoms with Gasteiger partial charge in [-0.2, -0.15) is 17.2 Å². The zero-order valence-corrected chi connectivity index (χ0v) is 21.9. The third-order valence-corrected chi connectivity index (χ3v) is 8.98. The lowest BCUT2D eigenvalue weighted by molar-refractivity contribution is -0.176. The van der Waals surface area contributed by atoms with E-state index in [1.165, 1.54) is 9.79 Å². The Morgan fingerprint density at radius 1 is 1.03 bits per heavy atom. The molecule has 0 heterocycles. The minimum Gasteiger partial charge on any atom is -0.433 e. The van der Waals surface area contributed by atoms with E-state index in [1.807, 2.05) is 18.2 Å². The minimum absolute atomic E-state index is 0.111. The number of aliphatic hydroxyl groups is 1. The van der Waals surface area contributed by atoms with E-state index in [9.17, 15) is 27.1 Å². The zero-order valence-electron chi connectivity index (χ0n) is 19.4. The highest BCUT2D eigenvalue weighted by atomic mass is 32.2. The zero-order chi connectivity index (χ0) is 26.0. The summed E-state index contributed by atoms with van der Waals surface area (Å²) in [6.07, 6.45) is 2.98. The summed E-state index contributed by atoms with van der Waals surface area (Å²) in [7, 11) is -5.24. The van der Waals surface area contributed by atoms with Gasteiger partial charge in [-0.15, -0.1) is 12.6 Å². The van der Waals surface area contributed by atoms with Crippen LogP contribution < -0.4 is 0 Å². The molecule has 0 amide bonds. The van der Waals surface area contributed by atoms with Crippen molar-refractivity contribution < 1.29 is 36.0 Å².